The van der Waals surface area contributed by atoms with E-state index < -0.39 is 71.4 Å². The van der Waals surface area contributed by atoms with E-state index in [9.17, 15) is 45.3 Å². The number of oxime groups is 1. The van der Waals surface area contributed by atoms with Gasteiger partial charge >= 0.3 is 5.97 Å². The minimum atomic E-state index is -1.31. The Bertz CT molecular complexity index is 1200. The van der Waals surface area contributed by atoms with Gasteiger partial charge in [-0.2, -0.15) is 0 Å². The monoisotopic (exact) mass is 461 g/mol. The average molecular weight is 461 g/mol. The van der Waals surface area contributed by atoms with Crippen molar-refractivity contribution in [1.82, 2.24) is 0 Å². The number of nitro benzene ring substituents is 4. The van der Waals surface area contributed by atoms with E-state index in [2.05, 4.69) is 9.89 Å². The van der Waals surface area contributed by atoms with Gasteiger partial charge in [0.25, 0.3) is 22.7 Å². The molecule has 0 heterocycles. The van der Waals surface area contributed by atoms with Crippen molar-refractivity contribution in [2.24, 2.45) is 5.16 Å². The van der Waals surface area contributed by atoms with Crippen LogP contribution in [0.2, 0.25) is 0 Å². The third kappa shape index (κ3) is 3.87. The summed E-state index contributed by atoms with van der Waals surface area (Å²) in [5.74, 6) is -0.868. The second kappa shape index (κ2) is 8.25. The van der Waals surface area contributed by atoms with Crippen molar-refractivity contribution in [2.45, 2.75) is 13.0 Å². The fourth-order valence-electron chi connectivity index (χ4n) is 3.21. The predicted molar refractivity (Wildman–Crippen MR) is 107 cm³/mol. The molecule has 3 rings (SSSR count). The quantitative estimate of drug-likeness (QED) is 0.282. The Labute approximate surface area is 181 Å². The molecule has 0 aromatic heterocycles. The lowest BCUT2D eigenvalue weighted by molar-refractivity contribution is -0.395. The molecular weight excluding hydrogens is 450 g/mol. The Balaban J connectivity index is 2.44. The van der Waals surface area contributed by atoms with Crippen LogP contribution < -0.4 is 0 Å². The summed E-state index contributed by atoms with van der Waals surface area (Å²) in [6.45, 7) is 1.23. The van der Waals surface area contributed by atoms with Gasteiger partial charge in [-0.25, -0.2) is 4.79 Å². The van der Waals surface area contributed by atoms with E-state index in [1.54, 1.807) is 0 Å². The van der Waals surface area contributed by atoms with Crippen LogP contribution >= 0.6 is 0 Å². The summed E-state index contributed by atoms with van der Waals surface area (Å²) in [4.78, 5) is 58.8. The molecule has 0 N–H and O–H groups in total. The maximum Gasteiger partial charge on any atom is 0.349 e. The SMILES string of the molecule is COC(=O)C(C)ON=C1c2cc([N+](=O)[O-])cc([N+](=O)[O-])c2-c2c1cc([N+](=O)[O-])cc2[N+](=O)[O-]. The third-order valence-corrected chi connectivity index (χ3v) is 4.62. The van der Waals surface area contributed by atoms with Crippen LogP contribution in [0.1, 0.15) is 18.1 Å². The van der Waals surface area contributed by atoms with Crippen molar-refractivity contribution >= 4 is 34.4 Å². The summed E-state index contributed by atoms with van der Waals surface area (Å²) in [5, 5.41) is 49.7. The number of hydrogen-bond donors (Lipinski definition) is 0. The molecule has 0 saturated carbocycles. The highest BCUT2D eigenvalue weighted by atomic mass is 16.7. The van der Waals surface area contributed by atoms with Gasteiger partial charge in [0.2, 0.25) is 6.10 Å². The Kier molecular flexibility index (Phi) is 5.67. The molecule has 33 heavy (non-hydrogen) atoms. The van der Waals surface area contributed by atoms with E-state index >= 15 is 0 Å². The Morgan fingerprint density at radius 2 is 1.24 bits per heavy atom. The normalized spacial score (nSPS) is 12.2. The Hall–Kier alpha value is -5.02. The first kappa shape index (κ1) is 22.7. The van der Waals surface area contributed by atoms with Crippen LogP contribution in [0, 0.1) is 40.5 Å². The van der Waals surface area contributed by atoms with Gasteiger partial charge in [0.05, 0.1) is 50.1 Å². The van der Waals surface area contributed by atoms with E-state index in [1.165, 1.54) is 6.92 Å². The van der Waals surface area contributed by atoms with E-state index in [-0.39, 0.29) is 11.1 Å². The highest BCUT2D eigenvalue weighted by molar-refractivity contribution is 6.27. The molecule has 2 aromatic carbocycles. The second-order valence-corrected chi connectivity index (χ2v) is 6.51. The Morgan fingerprint density at radius 3 is 1.58 bits per heavy atom. The molecule has 1 aliphatic carbocycles. The number of non-ortho nitro benzene ring substituents is 2. The zero-order valence-electron chi connectivity index (χ0n) is 16.6. The molecule has 1 unspecified atom stereocenters. The molecule has 170 valence electrons. The fourth-order valence-corrected chi connectivity index (χ4v) is 3.21. The first-order valence-electron chi connectivity index (χ1n) is 8.74. The molecule has 0 aliphatic heterocycles. The molecule has 1 atom stereocenters. The lowest BCUT2D eigenvalue weighted by Gasteiger charge is -2.08. The molecule has 2 aromatic rings. The summed E-state index contributed by atoms with van der Waals surface area (Å²) in [5.41, 5.74) is -5.04. The lowest BCUT2D eigenvalue weighted by atomic mass is 10.0. The molecule has 0 fully saturated rings. The topological polar surface area (TPSA) is 220 Å². The number of fused-ring (bicyclic) bond motifs is 3. The number of nitro groups is 4. The van der Waals surface area contributed by atoms with Crippen LogP contribution in [0.3, 0.4) is 0 Å². The summed E-state index contributed by atoms with van der Waals surface area (Å²) >= 11 is 0. The van der Waals surface area contributed by atoms with Crippen molar-refractivity contribution in [3.8, 4) is 11.1 Å². The molecule has 0 saturated heterocycles. The molecule has 0 spiro atoms. The molecule has 16 heteroatoms. The second-order valence-electron chi connectivity index (χ2n) is 6.51. The fraction of sp³-hybridized carbons (Fsp3) is 0.176. The number of carbonyl (C=O) groups excluding carboxylic acids is 1. The van der Waals surface area contributed by atoms with Crippen LogP contribution in [0.5, 0.6) is 0 Å². The maximum atomic E-state index is 11.7. The average Bonchev–Trinajstić information content (AvgIpc) is 3.08. The van der Waals surface area contributed by atoms with Crippen LogP contribution in [0.15, 0.2) is 29.4 Å². The van der Waals surface area contributed by atoms with Crippen molar-refractivity contribution in [3.05, 3.63) is 75.8 Å². The van der Waals surface area contributed by atoms with E-state index in [4.69, 9.17) is 4.84 Å². The van der Waals surface area contributed by atoms with Gasteiger partial charge < -0.3 is 9.57 Å². The number of methoxy groups -OCH3 is 1. The molecule has 0 radical (unpaired) electrons. The number of hydrogen-bond acceptors (Lipinski definition) is 12. The number of benzene rings is 2. The minimum absolute atomic E-state index is 0.313. The summed E-state index contributed by atoms with van der Waals surface area (Å²) in [7, 11) is 1.06. The lowest BCUT2D eigenvalue weighted by Crippen LogP contribution is -2.20. The van der Waals surface area contributed by atoms with Gasteiger partial charge in [0, 0.05) is 23.3 Å². The number of ether oxygens (including phenoxy) is 1. The summed E-state index contributed by atoms with van der Waals surface area (Å²) in [6, 6.07) is 2.94. The first-order chi connectivity index (χ1) is 15.5. The van der Waals surface area contributed by atoms with Gasteiger partial charge in [-0.05, 0) is 6.92 Å². The van der Waals surface area contributed by atoms with Crippen LogP contribution in [0.4, 0.5) is 22.7 Å². The highest BCUT2D eigenvalue weighted by Crippen LogP contribution is 2.50. The van der Waals surface area contributed by atoms with Crippen molar-refractivity contribution in [2.75, 3.05) is 7.11 Å². The minimum Gasteiger partial charge on any atom is -0.466 e. The molecule has 1 aliphatic rings. The maximum absolute atomic E-state index is 11.7. The summed E-state index contributed by atoms with van der Waals surface area (Å²) < 4.78 is 4.48. The van der Waals surface area contributed by atoms with Gasteiger partial charge in [-0.3, -0.25) is 40.5 Å². The van der Waals surface area contributed by atoms with E-state index in [0.717, 1.165) is 19.2 Å². The first-order valence-corrected chi connectivity index (χ1v) is 8.74. The van der Waals surface area contributed by atoms with Gasteiger partial charge in [-0.1, -0.05) is 5.16 Å². The number of rotatable bonds is 7. The van der Waals surface area contributed by atoms with E-state index in [0.29, 0.717) is 12.1 Å². The van der Waals surface area contributed by atoms with Gasteiger partial charge in [0.15, 0.2) is 0 Å². The van der Waals surface area contributed by atoms with Gasteiger partial charge in [-0.15, -0.1) is 0 Å². The predicted octanol–water partition coefficient (Wildman–Crippen LogP) is 2.63. The standard InChI is InChI=1S/C17H11N5O11/c1-7(17(23)32-2)33-18-16-10-3-8(19(24)25)5-12(21(28)29)14(10)15-11(16)4-9(20(26)27)6-13(15)22(30)31/h3-7H,1-2H3. The summed E-state index contributed by atoms with van der Waals surface area (Å²) in [6.07, 6.45) is -1.31. The zero-order valence-corrected chi connectivity index (χ0v) is 16.6. The molecule has 0 amide bonds. The number of carbonyl (C=O) groups is 1. The number of nitrogens with zero attached hydrogens (tertiary/aromatic N) is 5. The van der Waals surface area contributed by atoms with Gasteiger partial charge in [0.1, 0.15) is 5.71 Å². The Morgan fingerprint density at radius 1 is 0.818 bits per heavy atom. The van der Waals surface area contributed by atoms with Crippen LogP contribution in [0.25, 0.3) is 11.1 Å². The highest BCUT2D eigenvalue weighted by Gasteiger charge is 2.41. The molecular formula is C17H11N5O11. The molecule has 0 bridgehead atoms. The van der Waals surface area contributed by atoms with Crippen LogP contribution in [-0.2, 0) is 14.4 Å². The third-order valence-electron chi connectivity index (χ3n) is 4.62. The van der Waals surface area contributed by atoms with Crippen molar-refractivity contribution in [1.29, 1.82) is 0 Å². The number of esters is 1. The van der Waals surface area contributed by atoms with Crippen LogP contribution in [-0.4, -0.2) is 44.6 Å². The smallest absolute Gasteiger partial charge is 0.349 e. The van der Waals surface area contributed by atoms with E-state index in [1.807, 2.05) is 0 Å². The molecule has 16 nitrogen and oxygen atoms in total. The largest absolute Gasteiger partial charge is 0.466 e. The van der Waals surface area contributed by atoms with Crippen molar-refractivity contribution in [3.63, 3.8) is 0 Å². The zero-order chi connectivity index (χ0) is 24.6. The van der Waals surface area contributed by atoms with Crippen molar-refractivity contribution < 1.29 is 34.1 Å².